The zero-order valence-corrected chi connectivity index (χ0v) is 14.0. The van der Waals surface area contributed by atoms with Crippen LogP contribution in [0, 0.1) is 20.8 Å². The minimum absolute atomic E-state index is 0.0365. The third kappa shape index (κ3) is 3.80. The van der Waals surface area contributed by atoms with Crippen molar-refractivity contribution in [2.75, 3.05) is 12.9 Å². The van der Waals surface area contributed by atoms with Gasteiger partial charge < -0.3 is 10.5 Å². The van der Waals surface area contributed by atoms with Crippen molar-refractivity contribution in [3.05, 3.63) is 58.7 Å². The largest absolute Gasteiger partial charge is 0.496 e. The van der Waals surface area contributed by atoms with Crippen LogP contribution in [0.1, 0.15) is 28.3 Å². The van der Waals surface area contributed by atoms with Crippen molar-refractivity contribution in [3.8, 4) is 5.75 Å². The molecule has 0 aliphatic rings. The Morgan fingerprint density at radius 1 is 1.05 bits per heavy atom. The molecule has 2 aromatic rings. The lowest BCUT2D eigenvalue weighted by Gasteiger charge is -2.18. The van der Waals surface area contributed by atoms with E-state index in [1.54, 1.807) is 18.9 Å². The van der Waals surface area contributed by atoms with Crippen LogP contribution in [-0.2, 0) is 0 Å². The highest BCUT2D eigenvalue weighted by molar-refractivity contribution is 7.99. The molecular formula is C18H23NOS. The van der Waals surface area contributed by atoms with Gasteiger partial charge in [-0.2, -0.15) is 0 Å². The lowest BCUT2D eigenvalue weighted by atomic mass is 10.0. The van der Waals surface area contributed by atoms with Gasteiger partial charge in [0.1, 0.15) is 5.75 Å². The number of benzene rings is 2. The second kappa shape index (κ2) is 7.01. The molecule has 2 aromatic carbocycles. The van der Waals surface area contributed by atoms with Crippen molar-refractivity contribution >= 4 is 11.8 Å². The van der Waals surface area contributed by atoms with E-state index in [4.69, 9.17) is 10.5 Å². The van der Waals surface area contributed by atoms with Gasteiger partial charge in [-0.3, -0.25) is 0 Å². The van der Waals surface area contributed by atoms with E-state index in [9.17, 15) is 0 Å². The molecule has 0 saturated carbocycles. The molecule has 0 radical (unpaired) electrons. The van der Waals surface area contributed by atoms with E-state index in [0.29, 0.717) is 0 Å². The predicted octanol–water partition coefficient (Wildman–Crippen LogP) is 4.41. The molecule has 2 N–H and O–H groups in total. The van der Waals surface area contributed by atoms with E-state index in [1.807, 2.05) is 0 Å². The summed E-state index contributed by atoms with van der Waals surface area (Å²) < 4.78 is 5.56. The van der Waals surface area contributed by atoms with Crippen LogP contribution >= 0.6 is 11.8 Å². The molecule has 2 nitrogen and oxygen atoms in total. The van der Waals surface area contributed by atoms with Crippen LogP contribution in [0.3, 0.4) is 0 Å². The van der Waals surface area contributed by atoms with Crippen molar-refractivity contribution in [2.24, 2.45) is 5.73 Å². The van der Waals surface area contributed by atoms with Gasteiger partial charge in [-0.15, -0.1) is 11.8 Å². The number of thioether (sulfide) groups is 1. The number of hydrogen-bond acceptors (Lipinski definition) is 3. The lowest BCUT2D eigenvalue weighted by molar-refractivity contribution is 0.403. The molecule has 1 atom stereocenters. The Morgan fingerprint density at radius 2 is 1.71 bits per heavy atom. The van der Waals surface area contributed by atoms with Crippen molar-refractivity contribution in [3.63, 3.8) is 0 Å². The predicted molar refractivity (Wildman–Crippen MR) is 91.3 cm³/mol. The smallest absolute Gasteiger partial charge is 0.126 e. The highest BCUT2D eigenvalue weighted by Gasteiger charge is 2.15. The van der Waals surface area contributed by atoms with Gasteiger partial charge in [-0.05, 0) is 44.0 Å². The molecule has 0 aliphatic heterocycles. The molecule has 0 heterocycles. The topological polar surface area (TPSA) is 35.2 Å². The second-order valence-electron chi connectivity index (χ2n) is 5.36. The minimum Gasteiger partial charge on any atom is -0.496 e. The monoisotopic (exact) mass is 301 g/mol. The number of hydrogen-bond donors (Lipinski definition) is 1. The van der Waals surface area contributed by atoms with E-state index >= 15 is 0 Å². The first kappa shape index (κ1) is 15.9. The lowest BCUT2D eigenvalue weighted by Crippen LogP contribution is -2.15. The molecule has 0 aromatic heterocycles. The summed E-state index contributed by atoms with van der Waals surface area (Å²) in [4.78, 5) is 1.25. The molecule has 0 spiro atoms. The van der Waals surface area contributed by atoms with Gasteiger partial charge >= 0.3 is 0 Å². The van der Waals surface area contributed by atoms with Gasteiger partial charge in [0.05, 0.1) is 7.11 Å². The van der Waals surface area contributed by atoms with E-state index < -0.39 is 0 Å². The van der Waals surface area contributed by atoms with Crippen molar-refractivity contribution < 1.29 is 4.74 Å². The molecule has 0 saturated heterocycles. The Balaban J connectivity index is 2.11. The molecule has 3 heteroatoms. The van der Waals surface area contributed by atoms with Crippen LogP contribution in [0.2, 0.25) is 0 Å². The number of aryl methyl sites for hydroxylation is 2. The maximum absolute atomic E-state index is 6.37. The zero-order chi connectivity index (χ0) is 15.4. The fraction of sp³-hybridized carbons (Fsp3) is 0.333. The Hall–Kier alpha value is -1.45. The Kier molecular flexibility index (Phi) is 5.32. The normalized spacial score (nSPS) is 12.2. The van der Waals surface area contributed by atoms with E-state index in [0.717, 1.165) is 17.1 Å². The SMILES string of the molecule is COc1c(C(N)CSc2ccc(C)cc2)ccc(C)c1C. The van der Waals surface area contributed by atoms with Gasteiger partial charge in [-0.1, -0.05) is 29.8 Å². The number of nitrogens with two attached hydrogens (primary N) is 1. The van der Waals surface area contributed by atoms with Crippen LogP contribution < -0.4 is 10.5 Å². The first-order valence-corrected chi connectivity index (χ1v) is 8.10. The molecule has 1 unspecified atom stereocenters. The molecule has 21 heavy (non-hydrogen) atoms. The molecule has 0 aliphatic carbocycles. The van der Waals surface area contributed by atoms with Crippen LogP contribution in [0.5, 0.6) is 5.75 Å². The third-order valence-electron chi connectivity index (χ3n) is 3.76. The number of methoxy groups -OCH3 is 1. The zero-order valence-electron chi connectivity index (χ0n) is 13.1. The molecule has 2 rings (SSSR count). The van der Waals surface area contributed by atoms with E-state index in [2.05, 4.69) is 57.2 Å². The minimum atomic E-state index is -0.0365. The van der Waals surface area contributed by atoms with Gasteiger partial charge in [0.15, 0.2) is 0 Å². The Labute approximate surface area is 131 Å². The standard InChI is InChI=1S/C18H23NOS/c1-12-5-8-15(9-6-12)21-11-17(19)16-10-7-13(2)14(3)18(16)20-4/h5-10,17H,11,19H2,1-4H3. The summed E-state index contributed by atoms with van der Waals surface area (Å²) >= 11 is 1.78. The molecule has 112 valence electrons. The molecule has 0 fully saturated rings. The van der Waals surface area contributed by atoms with Gasteiger partial charge in [0.2, 0.25) is 0 Å². The molecular weight excluding hydrogens is 278 g/mol. The highest BCUT2D eigenvalue weighted by atomic mass is 32.2. The third-order valence-corrected chi connectivity index (χ3v) is 4.89. The fourth-order valence-electron chi connectivity index (χ4n) is 2.28. The maximum Gasteiger partial charge on any atom is 0.126 e. The van der Waals surface area contributed by atoms with E-state index in [-0.39, 0.29) is 6.04 Å². The van der Waals surface area contributed by atoms with Crippen LogP contribution in [0.4, 0.5) is 0 Å². The second-order valence-corrected chi connectivity index (χ2v) is 6.45. The number of rotatable bonds is 5. The van der Waals surface area contributed by atoms with Crippen molar-refractivity contribution in [2.45, 2.75) is 31.7 Å². The van der Waals surface area contributed by atoms with Gasteiger partial charge in [0, 0.05) is 22.3 Å². The summed E-state index contributed by atoms with van der Waals surface area (Å²) in [5.41, 5.74) is 11.1. The average molecular weight is 301 g/mol. The maximum atomic E-state index is 6.37. The summed E-state index contributed by atoms with van der Waals surface area (Å²) in [7, 11) is 1.71. The quantitative estimate of drug-likeness (QED) is 0.831. The fourth-order valence-corrected chi connectivity index (χ4v) is 3.16. The van der Waals surface area contributed by atoms with E-state index in [1.165, 1.54) is 21.6 Å². The summed E-state index contributed by atoms with van der Waals surface area (Å²) in [5, 5.41) is 0. The molecule has 0 amide bonds. The molecule has 0 bridgehead atoms. The summed E-state index contributed by atoms with van der Waals surface area (Å²) in [6, 6.07) is 12.7. The number of ether oxygens (including phenoxy) is 1. The van der Waals surface area contributed by atoms with Crippen molar-refractivity contribution in [1.82, 2.24) is 0 Å². The summed E-state index contributed by atoms with van der Waals surface area (Å²) in [6.07, 6.45) is 0. The first-order valence-electron chi connectivity index (χ1n) is 7.12. The van der Waals surface area contributed by atoms with Crippen LogP contribution in [0.15, 0.2) is 41.3 Å². The Bertz CT molecular complexity index is 607. The van der Waals surface area contributed by atoms with Crippen LogP contribution in [0.25, 0.3) is 0 Å². The van der Waals surface area contributed by atoms with Crippen LogP contribution in [-0.4, -0.2) is 12.9 Å². The average Bonchev–Trinajstić information content (AvgIpc) is 2.49. The summed E-state index contributed by atoms with van der Waals surface area (Å²) in [5.74, 6) is 1.76. The van der Waals surface area contributed by atoms with Gasteiger partial charge in [-0.25, -0.2) is 0 Å². The van der Waals surface area contributed by atoms with Gasteiger partial charge in [0.25, 0.3) is 0 Å². The first-order chi connectivity index (χ1) is 10.0. The Morgan fingerprint density at radius 3 is 2.33 bits per heavy atom. The summed E-state index contributed by atoms with van der Waals surface area (Å²) in [6.45, 7) is 6.27. The highest BCUT2D eigenvalue weighted by Crippen LogP contribution is 2.32. The van der Waals surface area contributed by atoms with Crippen molar-refractivity contribution in [1.29, 1.82) is 0 Å².